The molecule has 0 heterocycles. The van der Waals surface area contributed by atoms with Gasteiger partial charge in [-0.3, -0.25) is 5.32 Å². The van der Waals surface area contributed by atoms with Gasteiger partial charge in [0, 0.05) is 6.07 Å². The first-order valence-corrected chi connectivity index (χ1v) is 5.19. The smallest absolute Gasteiger partial charge is 0.412 e. The third kappa shape index (κ3) is 4.22. The fraction of sp³-hybridized carbons (Fsp3) is 0.417. The number of rotatable bonds is 2. The SMILES string of the molecule is COc1ccc(O)cc1NC(=O)OC(C)(C)C. The Morgan fingerprint density at radius 2 is 2.00 bits per heavy atom. The normalized spacial score (nSPS) is 10.8. The molecular formula is C12H17NO4. The third-order valence-electron chi connectivity index (χ3n) is 1.82. The van der Waals surface area contributed by atoms with Crippen LogP contribution in [0.15, 0.2) is 18.2 Å². The molecule has 94 valence electrons. The van der Waals surface area contributed by atoms with Crippen molar-refractivity contribution in [3.63, 3.8) is 0 Å². The van der Waals surface area contributed by atoms with Crippen molar-refractivity contribution in [3.05, 3.63) is 18.2 Å². The monoisotopic (exact) mass is 239 g/mol. The van der Waals surface area contributed by atoms with E-state index < -0.39 is 11.7 Å². The van der Waals surface area contributed by atoms with Gasteiger partial charge in [0.15, 0.2) is 0 Å². The first kappa shape index (κ1) is 13.2. The average molecular weight is 239 g/mol. The van der Waals surface area contributed by atoms with Gasteiger partial charge in [-0.15, -0.1) is 0 Å². The van der Waals surface area contributed by atoms with Gasteiger partial charge in [-0.2, -0.15) is 0 Å². The van der Waals surface area contributed by atoms with Crippen molar-refractivity contribution in [3.8, 4) is 11.5 Å². The molecule has 2 N–H and O–H groups in total. The summed E-state index contributed by atoms with van der Waals surface area (Å²) in [7, 11) is 1.48. The molecule has 0 radical (unpaired) electrons. The zero-order chi connectivity index (χ0) is 13.1. The highest BCUT2D eigenvalue weighted by Gasteiger charge is 2.17. The van der Waals surface area contributed by atoms with Crippen LogP contribution in [-0.2, 0) is 4.74 Å². The highest BCUT2D eigenvalue weighted by molar-refractivity contribution is 5.87. The fourth-order valence-electron chi connectivity index (χ4n) is 1.21. The lowest BCUT2D eigenvalue weighted by Crippen LogP contribution is -2.27. The van der Waals surface area contributed by atoms with Crippen molar-refractivity contribution in [1.29, 1.82) is 0 Å². The molecule has 0 unspecified atom stereocenters. The number of aromatic hydroxyl groups is 1. The van der Waals surface area contributed by atoms with E-state index in [1.807, 2.05) is 0 Å². The van der Waals surface area contributed by atoms with Crippen LogP contribution in [0, 0.1) is 0 Å². The number of hydrogen-bond donors (Lipinski definition) is 2. The molecular weight excluding hydrogens is 222 g/mol. The lowest BCUT2D eigenvalue weighted by atomic mass is 10.2. The predicted octanol–water partition coefficient (Wildman–Crippen LogP) is 2.75. The van der Waals surface area contributed by atoms with E-state index in [4.69, 9.17) is 9.47 Å². The number of anilines is 1. The van der Waals surface area contributed by atoms with E-state index in [0.29, 0.717) is 11.4 Å². The maximum Gasteiger partial charge on any atom is 0.412 e. The molecule has 1 amide bonds. The number of methoxy groups -OCH3 is 1. The van der Waals surface area contributed by atoms with Crippen molar-refractivity contribution < 1.29 is 19.4 Å². The minimum Gasteiger partial charge on any atom is -0.508 e. The molecule has 0 aliphatic heterocycles. The first-order chi connectivity index (χ1) is 7.81. The average Bonchev–Trinajstić information content (AvgIpc) is 2.14. The molecule has 0 spiro atoms. The van der Waals surface area contributed by atoms with Crippen LogP contribution in [0.5, 0.6) is 11.5 Å². The van der Waals surface area contributed by atoms with Crippen molar-refractivity contribution in [1.82, 2.24) is 0 Å². The van der Waals surface area contributed by atoms with Gasteiger partial charge in [-0.25, -0.2) is 4.79 Å². The quantitative estimate of drug-likeness (QED) is 0.832. The maximum atomic E-state index is 11.5. The van der Waals surface area contributed by atoms with Crippen molar-refractivity contribution in [2.45, 2.75) is 26.4 Å². The highest BCUT2D eigenvalue weighted by atomic mass is 16.6. The van der Waals surface area contributed by atoms with Gasteiger partial charge >= 0.3 is 6.09 Å². The van der Waals surface area contributed by atoms with E-state index in [2.05, 4.69) is 5.32 Å². The lowest BCUT2D eigenvalue weighted by molar-refractivity contribution is 0.0635. The maximum absolute atomic E-state index is 11.5. The van der Waals surface area contributed by atoms with E-state index in [1.165, 1.54) is 19.2 Å². The second kappa shape index (κ2) is 4.95. The van der Waals surface area contributed by atoms with Crippen LogP contribution in [0.3, 0.4) is 0 Å². The second-order valence-corrected chi connectivity index (χ2v) is 4.51. The predicted molar refractivity (Wildman–Crippen MR) is 64.5 cm³/mol. The summed E-state index contributed by atoms with van der Waals surface area (Å²) in [5.41, 5.74) is -0.213. The highest BCUT2D eigenvalue weighted by Crippen LogP contribution is 2.28. The summed E-state index contributed by atoms with van der Waals surface area (Å²) in [6.07, 6.45) is -0.596. The number of ether oxygens (including phenoxy) is 2. The van der Waals surface area contributed by atoms with Crippen LogP contribution in [-0.4, -0.2) is 23.9 Å². The molecule has 0 fully saturated rings. The van der Waals surface area contributed by atoms with Crippen LogP contribution in [0.1, 0.15) is 20.8 Å². The summed E-state index contributed by atoms with van der Waals surface area (Å²) in [6.45, 7) is 5.31. The van der Waals surface area contributed by atoms with Crippen LogP contribution >= 0.6 is 0 Å². The van der Waals surface area contributed by atoms with Gasteiger partial charge in [0.1, 0.15) is 17.1 Å². The number of hydrogen-bond acceptors (Lipinski definition) is 4. The summed E-state index contributed by atoms with van der Waals surface area (Å²) in [4.78, 5) is 11.5. The summed E-state index contributed by atoms with van der Waals surface area (Å²) >= 11 is 0. The van der Waals surface area contributed by atoms with Gasteiger partial charge < -0.3 is 14.6 Å². The molecule has 0 atom stereocenters. The molecule has 0 bridgehead atoms. The summed E-state index contributed by atoms with van der Waals surface area (Å²) in [5, 5.41) is 11.8. The molecule has 0 saturated heterocycles. The van der Waals surface area contributed by atoms with Gasteiger partial charge in [-0.1, -0.05) is 0 Å². The molecule has 0 saturated carbocycles. The molecule has 0 aliphatic rings. The minimum absolute atomic E-state index is 0.0388. The van der Waals surface area contributed by atoms with E-state index in [-0.39, 0.29) is 5.75 Å². The van der Waals surface area contributed by atoms with Crippen molar-refractivity contribution >= 4 is 11.8 Å². The Morgan fingerprint density at radius 1 is 1.35 bits per heavy atom. The third-order valence-corrected chi connectivity index (χ3v) is 1.82. The Labute approximate surface area is 100 Å². The zero-order valence-corrected chi connectivity index (χ0v) is 10.4. The number of carbonyl (C=O) groups excluding carboxylic acids is 1. The molecule has 0 aliphatic carbocycles. The molecule has 5 nitrogen and oxygen atoms in total. The number of phenolic OH excluding ortho intramolecular Hbond substituents is 1. The molecule has 1 aromatic carbocycles. The molecule has 0 aromatic heterocycles. The molecule has 1 rings (SSSR count). The lowest BCUT2D eigenvalue weighted by Gasteiger charge is -2.20. The van der Waals surface area contributed by atoms with E-state index in [1.54, 1.807) is 26.8 Å². The van der Waals surface area contributed by atoms with E-state index in [9.17, 15) is 9.90 Å². The van der Waals surface area contributed by atoms with E-state index >= 15 is 0 Å². The summed E-state index contributed by atoms with van der Waals surface area (Å²) in [5.74, 6) is 0.491. The first-order valence-electron chi connectivity index (χ1n) is 5.19. The van der Waals surface area contributed by atoms with Crippen LogP contribution < -0.4 is 10.1 Å². The van der Waals surface area contributed by atoms with Crippen molar-refractivity contribution in [2.24, 2.45) is 0 Å². The minimum atomic E-state index is -0.596. The molecule has 5 heteroatoms. The second-order valence-electron chi connectivity index (χ2n) is 4.51. The fourth-order valence-corrected chi connectivity index (χ4v) is 1.21. The van der Waals surface area contributed by atoms with Gasteiger partial charge in [0.2, 0.25) is 0 Å². The van der Waals surface area contributed by atoms with Gasteiger partial charge in [0.25, 0.3) is 0 Å². The van der Waals surface area contributed by atoms with Crippen LogP contribution in [0.25, 0.3) is 0 Å². The standard InChI is InChI=1S/C12H17NO4/c1-12(2,3)17-11(15)13-9-7-8(14)5-6-10(9)16-4/h5-7,14H,1-4H3,(H,13,15). The Balaban J connectivity index is 2.80. The van der Waals surface area contributed by atoms with Crippen LogP contribution in [0.2, 0.25) is 0 Å². The number of benzene rings is 1. The largest absolute Gasteiger partial charge is 0.508 e. The summed E-state index contributed by atoms with van der Waals surface area (Å²) in [6, 6.07) is 4.42. The Kier molecular flexibility index (Phi) is 3.83. The Morgan fingerprint density at radius 3 is 2.53 bits per heavy atom. The molecule has 1 aromatic rings. The number of amides is 1. The van der Waals surface area contributed by atoms with Gasteiger partial charge in [-0.05, 0) is 32.9 Å². The topological polar surface area (TPSA) is 67.8 Å². The Hall–Kier alpha value is -1.91. The van der Waals surface area contributed by atoms with Gasteiger partial charge in [0.05, 0.1) is 12.8 Å². The van der Waals surface area contributed by atoms with E-state index in [0.717, 1.165) is 0 Å². The Bertz CT molecular complexity index is 409. The van der Waals surface area contributed by atoms with Crippen molar-refractivity contribution in [2.75, 3.05) is 12.4 Å². The number of nitrogens with one attached hydrogen (secondary N) is 1. The number of carbonyl (C=O) groups is 1. The molecule has 17 heavy (non-hydrogen) atoms. The van der Waals surface area contributed by atoms with Crippen LogP contribution in [0.4, 0.5) is 10.5 Å². The zero-order valence-electron chi connectivity index (χ0n) is 10.4. The summed E-state index contributed by atoms with van der Waals surface area (Å²) < 4.78 is 10.1. The number of phenols is 1.